The summed E-state index contributed by atoms with van der Waals surface area (Å²) in [6.07, 6.45) is 0. The van der Waals surface area contributed by atoms with Crippen LogP contribution in [0.3, 0.4) is 0 Å². The zero-order chi connectivity index (χ0) is 19.0. The van der Waals surface area contributed by atoms with E-state index in [1.165, 1.54) is 18.2 Å². The van der Waals surface area contributed by atoms with Crippen LogP contribution in [0.1, 0.15) is 16.6 Å². The van der Waals surface area contributed by atoms with Crippen molar-refractivity contribution in [2.75, 3.05) is 17.7 Å². The highest BCUT2D eigenvalue weighted by molar-refractivity contribution is 7.59. The van der Waals surface area contributed by atoms with Crippen LogP contribution in [-0.4, -0.2) is 38.7 Å². The molecule has 144 valence electrons. The van der Waals surface area contributed by atoms with Crippen molar-refractivity contribution < 1.29 is 19.4 Å². The lowest BCUT2D eigenvalue weighted by Crippen LogP contribution is -2.21. The molecule has 1 amide bonds. The third kappa shape index (κ3) is 3.75. The van der Waals surface area contributed by atoms with Gasteiger partial charge in [-0.25, -0.2) is 14.4 Å². The summed E-state index contributed by atoms with van der Waals surface area (Å²) in [7, 11) is 0. The van der Waals surface area contributed by atoms with Gasteiger partial charge in [-0.15, -0.1) is 11.3 Å². The second kappa shape index (κ2) is 7.94. The van der Waals surface area contributed by atoms with E-state index >= 15 is 0 Å². The Morgan fingerprint density at radius 2 is 2.11 bits per heavy atom. The summed E-state index contributed by atoms with van der Waals surface area (Å²) in [6.45, 7) is 1.54. The second-order valence-electron chi connectivity index (χ2n) is 5.65. The maximum Gasteiger partial charge on any atom is 0.260 e. The van der Waals surface area contributed by atoms with Crippen molar-refractivity contribution in [1.29, 1.82) is 0 Å². The number of aliphatic hydroxyl groups excluding tert-OH is 1. The number of carbonyl (C=O) groups excluding carboxylic acids is 1. The Hall–Kier alpha value is -2.63. The Morgan fingerprint density at radius 3 is 2.74 bits per heavy atom. The number of rotatable bonds is 5. The Labute approximate surface area is 164 Å². The second-order valence-corrected chi connectivity index (χ2v) is 6.65. The fourth-order valence-corrected chi connectivity index (χ4v) is 3.38. The van der Waals surface area contributed by atoms with Crippen LogP contribution in [0, 0.1) is 5.82 Å². The summed E-state index contributed by atoms with van der Waals surface area (Å²) in [6, 6.07) is 3.73. The highest BCUT2D eigenvalue weighted by Crippen LogP contribution is 2.40. The number of hydrogen-bond acceptors (Lipinski definition) is 8. The van der Waals surface area contributed by atoms with Gasteiger partial charge in [-0.3, -0.25) is 4.79 Å². The van der Waals surface area contributed by atoms with E-state index in [2.05, 4.69) is 15.3 Å². The van der Waals surface area contributed by atoms with Crippen molar-refractivity contribution in [3.63, 3.8) is 0 Å². The zero-order valence-electron chi connectivity index (χ0n) is 14.2. The van der Waals surface area contributed by atoms with Gasteiger partial charge in [0.05, 0.1) is 23.4 Å². The summed E-state index contributed by atoms with van der Waals surface area (Å²) in [5.41, 5.74) is 11.5. The van der Waals surface area contributed by atoms with Crippen molar-refractivity contribution >= 4 is 52.6 Å². The molecule has 0 bridgehead atoms. The third-order valence-electron chi connectivity index (χ3n) is 3.70. The van der Waals surface area contributed by atoms with Crippen molar-refractivity contribution in [3.8, 4) is 17.0 Å². The molecule has 1 aromatic carbocycles. The number of thiophene rings is 1. The Kier molecular flexibility index (Phi) is 6.08. The van der Waals surface area contributed by atoms with E-state index in [1.54, 1.807) is 6.92 Å². The number of fused-ring (bicyclic) bond motifs is 1. The van der Waals surface area contributed by atoms with Crippen molar-refractivity contribution in [2.45, 2.75) is 13.0 Å². The molecular formula is C16H18FN5O3S2. The molecular weight excluding hydrogens is 393 g/mol. The molecule has 7 N–H and O–H groups in total. The van der Waals surface area contributed by atoms with Gasteiger partial charge < -0.3 is 27.0 Å². The minimum Gasteiger partial charge on any atom is -0.505 e. The van der Waals surface area contributed by atoms with E-state index in [0.29, 0.717) is 4.83 Å². The van der Waals surface area contributed by atoms with Crippen LogP contribution in [-0.2, 0) is 0 Å². The average Bonchev–Trinajstić information content (AvgIpc) is 2.93. The number of phenols is 1. The number of amides is 1. The summed E-state index contributed by atoms with van der Waals surface area (Å²) >= 11 is 0.962. The summed E-state index contributed by atoms with van der Waals surface area (Å²) in [4.78, 5) is 20.6. The molecule has 0 aliphatic heterocycles. The maximum atomic E-state index is 14.5. The van der Waals surface area contributed by atoms with Gasteiger partial charge in [-0.2, -0.15) is 13.5 Å². The first-order valence-electron chi connectivity index (χ1n) is 7.58. The van der Waals surface area contributed by atoms with E-state index in [1.807, 2.05) is 0 Å². The Balaban J connectivity index is 0.00000261. The molecule has 0 aliphatic rings. The fraction of sp³-hybridized carbons (Fsp3) is 0.188. The molecule has 3 rings (SSSR count). The van der Waals surface area contributed by atoms with Crippen LogP contribution in [0.15, 0.2) is 18.2 Å². The number of nitrogens with two attached hydrogens (primary N) is 2. The van der Waals surface area contributed by atoms with Crippen LogP contribution < -0.4 is 16.8 Å². The van der Waals surface area contributed by atoms with Gasteiger partial charge in [0.2, 0.25) is 5.95 Å². The van der Waals surface area contributed by atoms with Crippen molar-refractivity contribution in [1.82, 2.24) is 9.97 Å². The number of aliphatic hydroxyl groups is 1. The van der Waals surface area contributed by atoms with Crippen LogP contribution >= 0.6 is 24.8 Å². The number of hydrogen-bond donors (Lipinski definition) is 5. The normalized spacial score (nSPS) is 11.8. The highest BCUT2D eigenvalue weighted by Gasteiger charge is 2.23. The van der Waals surface area contributed by atoms with Gasteiger partial charge in [0.25, 0.3) is 5.91 Å². The average molecular weight is 411 g/mol. The predicted octanol–water partition coefficient (Wildman–Crippen LogP) is 1.79. The largest absolute Gasteiger partial charge is 0.505 e. The molecule has 0 saturated carbocycles. The molecule has 1 atom stereocenters. The minimum absolute atomic E-state index is 0. The molecule has 2 heterocycles. The number of benzene rings is 1. The number of aromatic hydroxyl groups is 1. The number of nitrogen functional groups attached to an aromatic ring is 1. The lowest BCUT2D eigenvalue weighted by Gasteiger charge is -2.13. The Bertz CT molecular complexity index is 1010. The van der Waals surface area contributed by atoms with Gasteiger partial charge in [-0.05, 0) is 19.1 Å². The van der Waals surface area contributed by atoms with Gasteiger partial charge in [0, 0.05) is 11.6 Å². The van der Waals surface area contributed by atoms with Crippen LogP contribution in [0.4, 0.5) is 16.0 Å². The minimum atomic E-state index is -0.875. The van der Waals surface area contributed by atoms with Gasteiger partial charge in [0.1, 0.15) is 9.71 Å². The summed E-state index contributed by atoms with van der Waals surface area (Å²) in [5, 5.41) is 22.0. The fourth-order valence-electron chi connectivity index (χ4n) is 2.43. The van der Waals surface area contributed by atoms with E-state index in [4.69, 9.17) is 11.5 Å². The zero-order valence-corrected chi connectivity index (χ0v) is 16.0. The van der Waals surface area contributed by atoms with Crippen LogP contribution in [0.2, 0.25) is 0 Å². The summed E-state index contributed by atoms with van der Waals surface area (Å²) in [5.74, 6) is -2.03. The lowest BCUT2D eigenvalue weighted by atomic mass is 10.1. The smallest absolute Gasteiger partial charge is 0.260 e. The number of halogens is 1. The molecule has 0 saturated heterocycles. The number of aromatic nitrogens is 2. The van der Waals surface area contributed by atoms with Crippen LogP contribution in [0.5, 0.6) is 5.75 Å². The van der Waals surface area contributed by atoms with Gasteiger partial charge in [-0.1, -0.05) is 6.07 Å². The molecule has 3 aromatic rings. The number of primary amides is 1. The van der Waals surface area contributed by atoms with Gasteiger partial charge in [0.15, 0.2) is 11.6 Å². The quantitative estimate of drug-likeness (QED) is 0.430. The first-order chi connectivity index (χ1) is 12.3. The monoisotopic (exact) mass is 411 g/mol. The van der Waals surface area contributed by atoms with Crippen molar-refractivity contribution in [2.24, 2.45) is 5.73 Å². The molecule has 0 aliphatic carbocycles. The standard InChI is InChI=1S/C16H16FN5O3S.H2S/c1-6(5-23)20-16-21-12(7-3-2-4-8(24)10(7)17)9-11(18)13(14(19)25)26-15(9)22-16;/h2-4,6,23-24H,5,18H2,1H3,(H2,19,25)(H,20,21,22);1H2/t6-;/m0./s1. The van der Waals surface area contributed by atoms with E-state index < -0.39 is 17.5 Å². The molecule has 2 aromatic heterocycles. The topological polar surface area (TPSA) is 147 Å². The molecule has 0 spiro atoms. The summed E-state index contributed by atoms with van der Waals surface area (Å²) < 4.78 is 14.5. The van der Waals surface area contributed by atoms with Crippen LogP contribution in [0.25, 0.3) is 21.5 Å². The number of phenolic OH excluding ortho intramolecular Hbond substituents is 1. The molecule has 8 nitrogen and oxygen atoms in total. The molecule has 0 unspecified atom stereocenters. The highest BCUT2D eigenvalue weighted by atomic mass is 32.1. The number of carbonyl (C=O) groups is 1. The van der Waals surface area contributed by atoms with E-state index in [-0.39, 0.29) is 59.3 Å². The Morgan fingerprint density at radius 1 is 1.41 bits per heavy atom. The van der Waals surface area contributed by atoms with E-state index in [9.17, 15) is 19.4 Å². The lowest BCUT2D eigenvalue weighted by molar-refractivity contribution is 0.100. The third-order valence-corrected chi connectivity index (χ3v) is 4.81. The van der Waals surface area contributed by atoms with Crippen molar-refractivity contribution in [3.05, 3.63) is 28.9 Å². The first kappa shape index (κ1) is 20.7. The molecule has 0 radical (unpaired) electrons. The number of anilines is 2. The maximum absolute atomic E-state index is 14.5. The number of nitrogens with zero attached hydrogens (tertiary/aromatic N) is 2. The van der Waals surface area contributed by atoms with Gasteiger partial charge >= 0.3 is 0 Å². The number of nitrogens with one attached hydrogen (secondary N) is 1. The molecule has 0 fully saturated rings. The molecule has 11 heteroatoms. The van der Waals surface area contributed by atoms with E-state index in [0.717, 1.165) is 11.3 Å². The molecule has 27 heavy (non-hydrogen) atoms. The SMILES string of the molecule is C[C@@H](CO)Nc1nc(-c2cccc(O)c2F)c2c(N)c(C(N)=O)sc2n1.S. The first-order valence-corrected chi connectivity index (χ1v) is 8.40. The predicted molar refractivity (Wildman–Crippen MR) is 108 cm³/mol.